The number of aromatic nitrogens is 3. The summed E-state index contributed by atoms with van der Waals surface area (Å²) < 4.78 is 3.36. The minimum atomic E-state index is 0.883. The van der Waals surface area contributed by atoms with Gasteiger partial charge in [0, 0.05) is 22.9 Å². The lowest BCUT2D eigenvalue weighted by atomic mass is 10.1. The summed E-state index contributed by atoms with van der Waals surface area (Å²) >= 11 is 3.60. The van der Waals surface area contributed by atoms with Gasteiger partial charge in [-0.2, -0.15) is 0 Å². The average Bonchev–Trinajstić information content (AvgIpc) is 2.84. The van der Waals surface area contributed by atoms with Gasteiger partial charge in [0.2, 0.25) is 0 Å². The standard InChI is InChI=1S/C20H21BrN4/c1-12-9-16-17(10-13(12)2)23-20-19(22-16)15-6-5-14(21)11-18(15)25(20)8-7-24(3)4/h5-6,9-11H,7-8H2,1-4H3. The fourth-order valence-corrected chi connectivity index (χ4v) is 3.59. The van der Waals surface area contributed by atoms with Gasteiger partial charge in [-0.1, -0.05) is 15.9 Å². The van der Waals surface area contributed by atoms with E-state index in [-0.39, 0.29) is 0 Å². The Balaban J connectivity index is 2.08. The van der Waals surface area contributed by atoms with Crippen LogP contribution in [0.1, 0.15) is 11.1 Å². The molecule has 0 saturated carbocycles. The Labute approximate surface area is 155 Å². The van der Waals surface area contributed by atoms with Gasteiger partial charge in [-0.25, -0.2) is 9.97 Å². The number of benzene rings is 2. The van der Waals surface area contributed by atoms with Gasteiger partial charge in [-0.3, -0.25) is 0 Å². The first-order valence-electron chi connectivity index (χ1n) is 8.45. The quantitative estimate of drug-likeness (QED) is 0.504. The number of aryl methyl sites for hydroxylation is 2. The predicted molar refractivity (Wildman–Crippen MR) is 108 cm³/mol. The number of likely N-dealkylation sites (N-methyl/N-ethyl adjacent to an activating group) is 1. The molecule has 0 saturated heterocycles. The zero-order valence-electron chi connectivity index (χ0n) is 15.0. The van der Waals surface area contributed by atoms with Crippen molar-refractivity contribution < 1.29 is 0 Å². The van der Waals surface area contributed by atoms with Crippen LogP contribution in [0.15, 0.2) is 34.8 Å². The normalized spacial score (nSPS) is 12.1. The lowest BCUT2D eigenvalue weighted by Gasteiger charge is -2.12. The van der Waals surface area contributed by atoms with E-state index in [4.69, 9.17) is 9.97 Å². The first-order valence-corrected chi connectivity index (χ1v) is 9.24. The summed E-state index contributed by atoms with van der Waals surface area (Å²) in [7, 11) is 4.19. The number of hydrogen-bond acceptors (Lipinski definition) is 3. The fourth-order valence-electron chi connectivity index (χ4n) is 3.24. The highest BCUT2D eigenvalue weighted by atomic mass is 79.9. The maximum absolute atomic E-state index is 4.99. The van der Waals surface area contributed by atoms with Crippen molar-refractivity contribution in [3.63, 3.8) is 0 Å². The highest BCUT2D eigenvalue weighted by Crippen LogP contribution is 2.30. The summed E-state index contributed by atoms with van der Waals surface area (Å²) in [6.07, 6.45) is 0. The molecule has 0 N–H and O–H groups in total. The highest BCUT2D eigenvalue weighted by Gasteiger charge is 2.15. The summed E-state index contributed by atoms with van der Waals surface area (Å²) in [4.78, 5) is 12.2. The predicted octanol–water partition coefficient (Wildman–Crippen LogP) is 4.68. The first-order chi connectivity index (χ1) is 11.9. The lowest BCUT2D eigenvalue weighted by Crippen LogP contribution is -2.18. The van der Waals surface area contributed by atoms with Crippen molar-refractivity contribution in [2.75, 3.05) is 20.6 Å². The number of halogens is 1. The van der Waals surface area contributed by atoms with E-state index in [1.807, 2.05) is 0 Å². The number of rotatable bonds is 3. The van der Waals surface area contributed by atoms with Crippen molar-refractivity contribution in [2.45, 2.75) is 20.4 Å². The Morgan fingerprint density at radius 1 is 1.00 bits per heavy atom. The second-order valence-electron chi connectivity index (χ2n) is 6.94. The van der Waals surface area contributed by atoms with Gasteiger partial charge in [0.05, 0.1) is 16.6 Å². The molecule has 0 aliphatic rings. The highest BCUT2D eigenvalue weighted by molar-refractivity contribution is 9.10. The van der Waals surface area contributed by atoms with Crippen LogP contribution in [0.25, 0.3) is 33.1 Å². The molecule has 0 fully saturated rings. The molecular formula is C20H21BrN4. The molecule has 4 rings (SSSR count). The molecule has 0 aliphatic carbocycles. The van der Waals surface area contributed by atoms with Crippen molar-refractivity contribution in [3.05, 3.63) is 45.9 Å². The van der Waals surface area contributed by atoms with Crippen LogP contribution in [0.3, 0.4) is 0 Å². The lowest BCUT2D eigenvalue weighted by molar-refractivity contribution is 0.389. The van der Waals surface area contributed by atoms with Crippen LogP contribution in [-0.4, -0.2) is 40.1 Å². The molecule has 0 unspecified atom stereocenters. The Bertz CT molecular complexity index is 1110. The summed E-state index contributed by atoms with van der Waals surface area (Å²) in [5.74, 6) is 0. The van der Waals surface area contributed by atoms with E-state index in [0.29, 0.717) is 0 Å². The van der Waals surface area contributed by atoms with Gasteiger partial charge >= 0.3 is 0 Å². The minimum Gasteiger partial charge on any atom is -0.323 e. The van der Waals surface area contributed by atoms with Gasteiger partial charge in [-0.05, 0) is 69.4 Å². The van der Waals surface area contributed by atoms with Crippen molar-refractivity contribution in [1.82, 2.24) is 19.4 Å². The minimum absolute atomic E-state index is 0.883. The number of nitrogens with zero attached hydrogens (tertiary/aromatic N) is 4. The second kappa shape index (κ2) is 6.07. The largest absolute Gasteiger partial charge is 0.323 e. The topological polar surface area (TPSA) is 34.0 Å². The molecular weight excluding hydrogens is 376 g/mol. The molecule has 5 heteroatoms. The van der Waals surface area contributed by atoms with Crippen LogP contribution in [0, 0.1) is 13.8 Å². The molecule has 0 atom stereocenters. The zero-order chi connectivity index (χ0) is 17.7. The zero-order valence-corrected chi connectivity index (χ0v) is 16.6. The molecule has 0 amide bonds. The Hall–Kier alpha value is -1.98. The van der Waals surface area contributed by atoms with E-state index in [9.17, 15) is 0 Å². The van der Waals surface area contributed by atoms with Gasteiger partial charge in [0.25, 0.3) is 0 Å². The molecule has 25 heavy (non-hydrogen) atoms. The summed E-state index contributed by atoms with van der Waals surface area (Å²) in [6.45, 7) is 6.09. The average molecular weight is 397 g/mol. The SMILES string of the molecule is Cc1cc2nc3c4ccc(Br)cc4n(CCN(C)C)c3nc2cc1C. The van der Waals surface area contributed by atoms with Crippen molar-refractivity contribution in [2.24, 2.45) is 0 Å². The molecule has 0 radical (unpaired) electrons. The van der Waals surface area contributed by atoms with E-state index in [1.54, 1.807) is 0 Å². The fraction of sp³-hybridized carbons (Fsp3) is 0.300. The van der Waals surface area contributed by atoms with Crippen LogP contribution in [0.2, 0.25) is 0 Å². The van der Waals surface area contributed by atoms with Crippen LogP contribution < -0.4 is 0 Å². The Morgan fingerprint density at radius 2 is 1.68 bits per heavy atom. The van der Waals surface area contributed by atoms with Crippen molar-refractivity contribution in [1.29, 1.82) is 0 Å². The molecule has 0 spiro atoms. The second-order valence-corrected chi connectivity index (χ2v) is 7.85. The number of fused-ring (bicyclic) bond motifs is 4. The Morgan fingerprint density at radius 3 is 2.36 bits per heavy atom. The van der Waals surface area contributed by atoms with E-state index in [0.717, 1.165) is 45.1 Å². The molecule has 2 aromatic carbocycles. The van der Waals surface area contributed by atoms with Gasteiger partial charge in [0.15, 0.2) is 5.65 Å². The van der Waals surface area contributed by atoms with Gasteiger partial charge in [0.1, 0.15) is 5.52 Å². The maximum atomic E-state index is 4.99. The maximum Gasteiger partial charge on any atom is 0.160 e. The van der Waals surface area contributed by atoms with Gasteiger partial charge in [-0.15, -0.1) is 0 Å². The van der Waals surface area contributed by atoms with Crippen molar-refractivity contribution in [3.8, 4) is 0 Å². The molecule has 2 aromatic heterocycles. The van der Waals surface area contributed by atoms with Crippen LogP contribution in [0.5, 0.6) is 0 Å². The third-order valence-corrected chi connectivity index (χ3v) is 5.29. The Kier molecular flexibility index (Phi) is 4.01. The van der Waals surface area contributed by atoms with Crippen molar-refractivity contribution >= 4 is 49.0 Å². The van der Waals surface area contributed by atoms with Gasteiger partial charge < -0.3 is 9.47 Å². The van der Waals surface area contributed by atoms with Crippen LogP contribution >= 0.6 is 15.9 Å². The molecule has 0 aliphatic heterocycles. The molecule has 2 heterocycles. The van der Waals surface area contributed by atoms with E-state index >= 15 is 0 Å². The van der Waals surface area contributed by atoms with Crippen LogP contribution in [-0.2, 0) is 6.54 Å². The molecule has 4 nitrogen and oxygen atoms in total. The molecule has 128 valence electrons. The third kappa shape index (κ3) is 2.81. The van der Waals surface area contributed by atoms with Crippen LogP contribution in [0.4, 0.5) is 0 Å². The number of hydrogen-bond donors (Lipinski definition) is 0. The molecule has 0 bridgehead atoms. The monoisotopic (exact) mass is 396 g/mol. The first kappa shape index (κ1) is 16.5. The van der Waals surface area contributed by atoms with E-state index < -0.39 is 0 Å². The summed E-state index contributed by atoms with van der Waals surface area (Å²) in [6, 6.07) is 10.6. The smallest absolute Gasteiger partial charge is 0.160 e. The third-order valence-electron chi connectivity index (χ3n) is 4.79. The van der Waals surface area contributed by atoms with E-state index in [1.165, 1.54) is 16.6 Å². The van der Waals surface area contributed by atoms with E-state index in [2.05, 4.69) is 83.7 Å². The molecule has 4 aromatic rings. The summed E-state index contributed by atoms with van der Waals surface area (Å²) in [5, 5.41) is 1.16. The summed E-state index contributed by atoms with van der Waals surface area (Å²) in [5.41, 5.74) is 7.55.